The van der Waals surface area contributed by atoms with Crippen molar-refractivity contribution in [2.24, 2.45) is 0 Å². The first-order valence-corrected chi connectivity index (χ1v) is 8.06. The SMILES string of the molecule is Cc1ccccc1CNC(=O)c1nn(-c2ccccc2C)nc1CO. The van der Waals surface area contributed by atoms with Crippen molar-refractivity contribution in [3.8, 4) is 5.69 Å². The molecule has 0 aliphatic carbocycles. The van der Waals surface area contributed by atoms with Crippen LogP contribution in [0, 0.1) is 13.8 Å². The molecule has 1 heterocycles. The van der Waals surface area contributed by atoms with Crippen LogP contribution in [-0.2, 0) is 13.2 Å². The van der Waals surface area contributed by atoms with Gasteiger partial charge in [-0.3, -0.25) is 4.79 Å². The zero-order chi connectivity index (χ0) is 17.8. The predicted octanol–water partition coefficient (Wildman–Crippen LogP) is 2.31. The summed E-state index contributed by atoms with van der Waals surface area (Å²) in [6.07, 6.45) is 0. The molecule has 6 heteroatoms. The molecule has 3 aromatic rings. The van der Waals surface area contributed by atoms with Crippen LogP contribution in [-0.4, -0.2) is 26.0 Å². The van der Waals surface area contributed by atoms with Gasteiger partial charge < -0.3 is 10.4 Å². The monoisotopic (exact) mass is 336 g/mol. The predicted molar refractivity (Wildman–Crippen MR) is 94.4 cm³/mol. The van der Waals surface area contributed by atoms with Gasteiger partial charge in [-0.2, -0.15) is 4.80 Å². The Labute approximate surface area is 146 Å². The number of aryl methyl sites for hydroxylation is 2. The van der Waals surface area contributed by atoms with E-state index in [9.17, 15) is 9.90 Å². The Balaban J connectivity index is 1.83. The van der Waals surface area contributed by atoms with Crippen LogP contribution in [0.2, 0.25) is 0 Å². The summed E-state index contributed by atoms with van der Waals surface area (Å²) in [4.78, 5) is 13.9. The maximum atomic E-state index is 12.5. The lowest BCUT2D eigenvalue weighted by molar-refractivity contribution is 0.0942. The van der Waals surface area contributed by atoms with Gasteiger partial charge in [-0.25, -0.2) is 0 Å². The Bertz CT molecular complexity index is 902. The van der Waals surface area contributed by atoms with Gasteiger partial charge >= 0.3 is 0 Å². The number of hydrogen-bond acceptors (Lipinski definition) is 4. The third-order valence-corrected chi connectivity index (χ3v) is 4.08. The molecule has 2 N–H and O–H groups in total. The molecule has 6 nitrogen and oxygen atoms in total. The molecule has 0 aliphatic rings. The second-order valence-electron chi connectivity index (χ2n) is 5.84. The standard InChI is InChI=1S/C19H20N4O2/c1-13-7-3-5-9-15(13)11-20-19(25)18-16(12-24)21-23(22-18)17-10-6-4-8-14(17)2/h3-10,24H,11-12H2,1-2H3,(H,20,25). The van der Waals surface area contributed by atoms with Gasteiger partial charge in [-0.05, 0) is 36.6 Å². The Kier molecular flexibility index (Phi) is 4.90. The molecule has 128 valence electrons. The van der Waals surface area contributed by atoms with E-state index in [0.29, 0.717) is 6.54 Å². The molecule has 0 saturated heterocycles. The van der Waals surface area contributed by atoms with Crippen molar-refractivity contribution in [2.75, 3.05) is 0 Å². The fourth-order valence-corrected chi connectivity index (χ4v) is 2.58. The van der Waals surface area contributed by atoms with E-state index in [1.807, 2.05) is 62.4 Å². The number of nitrogens with zero attached hydrogens (tertiary/aromatic N) is 3. The number of benzene rings is 2. The summed E-state index contributed by atoms with van der Waals surface area (Å²) in [5.41, 5.74) is 4.29. The number of nitrogens with one attached hydrogen (secondary N) is 1. The smallest absolute Gasteiger partial charge is 0.274 e. The molecule has 0 atom stereocenters. The fourth-order valence-electron chi connectivity index (χ4n) is 2.58. The number of aromatic nitrogens is 3. The average Bonchev–Trinajstić information content (AvgIpc) is 3.05. The second kappa shape index (κ2) is 7.27. The Hall–Kier alpha value is -2.99. The highest BCUT2D eigenvalue weighted by atomic mass is 16.3. The first-order chi connectivity index (χ1) is 12.1. The molecule has 0 spiro atoms. The number of para-hydroxylation sites is 1. The van der Waals surface area contributed by atoms with E-state index in [1.54, 1.807) is 0 Å². The molecule has 0 saturated carbocycles. The van der Waals surface area contributed by atoms with Gasteiger partial charge in [-0.15, -0.1) is 10.2 Å². The molecular weight excluding hydrogens is 316 g/mol. The highest BCUT2D eigenvalue weighted by Crippen LogP contribution is 2.14. The third-order valence-electron chi connectivity index (χ3n) is 4.08. The molecule has 2 aromatic carbocycles. The summed E-state index contributed by atoms with van der Waals surface area (Å²) in [5.74, 6) is -0.355. The largest absolute Gasteiger partial charge is 0.390 e. The summed E-state index contributed by atoms with van der Waals surface area (Å²) in [6.45, 7) is 3.98. The summed E-state index contributed by atoms with van der Waals surface area (Å²) in [6, 6.07) is 15.5. The van der Waals surface area contributed by atoms with E-state index in [4.69, 9.17) is 0 Å². The van der Waals surface area contributed by atoms with Crippen LogP contribution in [0.1, 0.15) is 32.9 Å². The van der Waals surface area contributed by atoms with E-state index in [2.05, 4.69) is 15.5 Å². The first kappa shape index (κ1) is 16.9. The lowest BCUT2D eigenvalue weighted by Gasteiger charge is -2.07. The van der Waals surface area contributed by atoms with Crippen molar-refractivity contribution in [1.82, 2.24) is 20.3 Å². The van der Waals surface area contributed by atoms with E-state index in [1.165, 1.54) is 4.80 Å². The number of rotatable bonds is 5. The Morgan fingerprint density at radius 1 is 1.04 bits per heavy atom. The maximum Gasteiger partial charge on any atom is 0.274 e. The van der Waals surface area contributed by atoms with Crippen molar-refractivity contribution < 1.29 is 9.90 Å². The molecular formula is C19H20N4O2. The van der Waals surface area contributed by atoms with E-state index in [0.717, 1.165) is 22.4 Å². The summed E-state index contributed by atoms with van der Waals surface area (Å²) in [5, 5.41) is 20.9. The minimum atomic E-state index is -0.355. The summed E-state index contributed by atoms with van der Waals surface area (Å²) >= 11 is 0. The van der Waals surface area contributed by atoms with Crippen LogP contribution in [0.4, 0.5) is 0 Å². The fraction of sp³-hybridized carbons (Fsp3) is 0.211. The Morgan fingerprint density at radius 3 is 2.40 bits per heavy atom. The van der Waals surface area contributed by atoms with Gasteiger partial charge in [-0.1, -0.05) is 42.5 Å². The van der Waals surface area contributed by atoms with Crippen LogP contribution < -0.4 is 5.32 Å². The van der Waals surface area contributed by atoms with Gasteiger partial charge in [0.15, 0.2) is 5.69 Å². The normalized spacial score (nSPS) is 10.7. The molecule has 0 radical (unpaired) electrons. The van der Waals surface area contributed by atoms with Gasteiger partial charge in [0.25, 0.3) is 5.91 Å². The summed E-state index contributed by atoms with van der Waals surface area (Å²) in [7, 11) is 0. The summed E-state index contributed by atoms with van der Waals surface area (Å²) < 4.78 is 0. The lowest BCUT2D eigenvalue weighted by Crippen LogP contribution is -2.25. The molecule has 3 rings (SSSR count). The molecule has 0 fully saturated rings. The van der Waals surface area contributed by atoms with Crippen LogP contribution >= 0.6 is 0 Å². The minimum Gasteiger partial charge on any atom is -0.390 e. The highest BCUT2D eigenvalue weighted by molar-refractivity contribution is 5.93. The van der Waals surface area contributed by atoms with Gasteiger partial charge in [0.1, 0.15) is 5.69 Å². The molecule has 1 amide bonds. The molecule has 0 bridgehead atoms. The molecule has 25 heavy (non-hydrogen) atoms. The first-order valence-electron chi connectivity index (χ1n) is 8.06. The van der Waals surface area contributed by atoms with Crippen LogP contribution in [0.25, 0.3) is 5.69 Å². The second-order valence-corrected chi connectivity index (χ2v) is 5.84. The number of carbonyl (C=O) groups excluding carboxylic acids is 1. The maximum absolute atomic E-state index is 12.5. The number of carbonyl (C=O) groups is 1. The van der Waals surface area contributed by atoms with E-state index >= 15 is 0 Å². The Morgan fingerprint density at radius 2 is 1.72 bits per heavy atom. The molecule has 1 aromatic heterocycles. The number of aliphatic hydroxyl groups excluding tert-OH is 1. The van der Waals surface area contributed by atoms with Gasteiger partial charge in [0.05, 0.1) is 12.3 Å². The molecule has 0 aliphatic heterocycles. The quantitative estimate of drug-likeness (QED) is 0.749. The van der Waals surface area contributed by atoms with Crippen molar-refractivity contribution >= 4 is 5.91 Å². The van der Waals surface area contributed by atoms with Crippen molar-refractivity contribution in [2.45, 2.75) is 27.0 Å². The number of aliphatic hydroxyl groups is 1. The van der Waals surface area contributed by atoms with Gasteiger partial charge in [0, 0.05) is 6.54 Å². The number of amides is 1. The topological polar surface area (TPSA) is 80.0 Å². The van der Waals surface area contributed by atoms with Crippen molar-refractivity contribution in [1.29, 1.82) is 0 Å². The van der Waals surface area contributed by atoms with Crippen LogP contribution in [0.15, 0.2) is 48.5 Å². The van der Waals surface area contributed by atoms with E-state index < -0.39 is 0 Å². The zero-order valence-corrected chi connectivity index (χ0v) is 14.2. The third kappa shape index (κ3) is 3.59. The van der Waals surface area contributed by atoms with E-state index in [-0.39, 0.29) is 23.9 Å². The van der Waals surface area contributed by atoms with Crippen molar-refractivity contribution in [3.05, 3.63) is 76.6 Å². The van der Waals surface area contributed by atoms with Crippen LogP contribution in [0.5, 0.6) is 0 Å². The average molecular weight is 336 g/mol. The zero-order valence-electron chi connectivity index (χ0n) is 14.2. The lowest BCUT2D eigenvalue weighted by atomic mass is 10.1. The van der Waals surface area contributed by atoms with Crippen molar-refractivity contribution in [3.63, 3.8) is 0 Å². The minimum absolute atomic E-state index is 0.138. The molecule has 0 unspecified atom stereocenters. The van der Waals surface area contributed by atoms with Gasteiger partial charge in [0.2, 0.25) is 0 Å². The number of hydrogen-bond donors (Lipinski definition) is 2. The highest BCUT2D eigenvalue weighted by Gasteiger charge is 2.19. The van der Waals surface area contributed by atoms with Crippen LogP contribution in [0.3, 0.4) is 0 Å².